The monoisotopic (exact) mass is 183 g/mol. The average Bonchev–Trinajstić information content (AvgIpc) is 2.99. The molecule has 70 valence electrons. The van der Waals surface area contributed by atoms with Gasteiger partial charge < -0.3 is 0 Å². The molecule has 0 bridgehead atoms. The van der Waals surface area contributed by atoms with Gasteiger partial charge in [-0.2, -0.15) is 0 Å². The molecule has 1 aliphatic carbocycles. The van der Waals surface area contributed by atoms with E-state index in [-0.39, 0.29) is 0 Å². The molecule has 0 aliphatic heterocycles. The highest BCUT2D eigenvalue weighted by Gasteiger charge is 2.26. The molecule has 1 heteroatoms. The van der Waals surface area contributed by atoms with Crippen LogP contribution in [0.1, 0.15) is 30.1 Å². The Balaban J connectivity index is 2.34. The summed E-state index contributed by atoms with van der Waals surface area (Å²) < 4.78 is 0. The minimum atomic E-state index is 0.736. The number of aryl methyl sites for hydroxylation is 1. The molecule has 1 aliphatic rings. The number of aromatic nitrogens is 1. The van der Waals surface area contributed by atoms with Gasteiger partial charge in [-0.3, -0.25) is 4.98 Å². The van der Waals surface area contributed by atoms with Crippen molar-refractivity contribution >= 4 is 10.8 Å². The van der Waals surface area contributed by atoms with Gasteiger partial charge in [-0.25, -0.2) is 0 Å². The van der Waals surface area contributed by atoms with Gasteiger partial charge in [-0.15, -0.1) is 0 Å². The Hall–Kier alpha value is -1.37. The first kappa shape index (κ1) is 7.98. The van der Waals surface area contributed by atoms with E-state index in [1.54, 1.807) is 0 Å². The second kappa shape index (κ2) is 2.81. The number of hydrogen-bond donors (Lipinski definition) is 0. The molecule has 0 amide bonds. The van der Waals surface area contributed by atoms with E-state index in [4.69, 9.17) is 0 Å². The van der Waals surface area contributed by atoms with E-state index in [0.717, 1.165) is 11.6 Å². The van der Waals surface area contributed by atoms with Gasteiger partial charge in [0.2, 0.25) is 0 Å². The molecule has 1 aromatic carbocycles. The van der Waals surface area contributed by atoms with Crippen molar-refractivity contribution in [3.63, 3.8) is 0 Å². The molecule has 1 saturated carbocycles. The highest BCUT2D eigenvalue weighted by molar-refractivity contribution is 5.85. The van der Waals surface area contributed by atoms with Crippen molar-refractivity contribution in [2.75, 3.05) is 0 Å². The summed E-state index contributed by atoms with van der Waals surface area (Å²) in [6, 6.07) is 10.7. The molecule has 14 heavy (non-hydrogen) atoms. The van der Waals surface area contributed by atoms with Gasteiger partial charge in [0, 0.05) is 17.0 Å². The minimum Gasteiger partial charge on any atom is -0.257 e. The lowest BCUT2D eigenvalue weighted by Crippen LogP contribution is -1.91. The van der Waals surface area contributed by atoms with E-state index in [1.807, 2.05) is 0 Å². The molecule has 3 rings (SSSR count). The smallest absolute Gasteiger partial charge is 0.0515 e. The van der Waals surface area contributed by atoms with Crippen LogP contribution in [0.5, 0.6) is 0 Å². The maximum absolute atomic E-state index is 4.66. The molecular formula is C13H13N. The topological polar surface area (TPSA) is 12.9 Å². The van der Waals surface area contributed by atoms with Crippen LogP contribution in [-0.4, -0.2) is 4.98 Å². The highest BCUT2D eigenvalue weighted by Crippen LogP contribution is 2.41. The second-order valence-electron chi connectivity index (χ2n) is 4.14. The Bertz CT molecular complexity index is 484. The fraction of sp³-hybridized carbons (Fsp3) is 0.308. The first-order chi connectivity index (χ1) is 6.84. The Morgan fingerprint density at radius 1 is 1.21 bits per heavy atom. The van der Waals surface area contributed by atoms with Crippen LogP contribution in [0.4, 0.5) is 0 Å². The Kier molecular flexibility index (Phi) is 1.60. The van der Waals surface area contributed by atoms with Gasteiger partial charge in [-0.05, 0) is 31.2 Å². The SMILES string of the molecule is Cc1cc2ccccc2c(C2CC2)n1. The van der Waals surface area contributed by atoms with Crippen molar-refractivity contribution in [1.29, 1.82) is 0 Å². The number of rotatable bonds is 1. The predicted molar refractivity (Wildman–Crippen MR) is 58.5 cm³/mol. The van der Waals surface area contributed by atoms with Crippen LogP contribution in [0.15, 0.2) is 30.3 Å². The third kappa shape index (κ3) is 1.20. The van der Waals surface area contributed by atoms with Crippen molar-refractivity contribution in [1.82, 2.24) is 4.98 Å². The van der Waals surface area contributed by atoms with Gasteiger partial charge in [0.05, 0.1) is 5.69 Å². The lowest BCUT2D eigenvalue weighted by molar-refractivity contribution is 1.02. The summed E-state index contributed by atoms with van der Waals surface area (Å²) in [5, 5.41) is 2.68. The number of pyridine rings is 1. The molecular weight excluding hydrogens is 170 g/mol. The van der Waals surface area contributed by atoms with Crippen molar-refractivity contribution in [2.24, 2.45) is 0 Å². The largest absolute Gasteiger partial charge is 0.257 e. The lowest BCUT2D eigenvalue weighted by Gasteiger charge is -2.05. The zero-order valence-corrected chi connectivity index (χ0v) is 8.33. The summed E-state index contributed by atoms with van der Waals surface area (Å²) in [7, 11) is 0. The summed E-state index contributed by atoms with van der Waals surface area (Å²) in [4.78, 5) is 4.66. The summed E-state index contributed by atoms with van der Waals surface area (Å²) in [5.41, 5.74) is 2.46. The van der Waals surface area contributed by atoms with E-state index >= 15 is 0 Å². The molecule has 0 unspecified atom stereocenters. The molecule has 1 heterocycles. The predicted octanol–water partition coefficient (Wildman–Crippen LogP) is 3.42. The van der Waals surface area contributed by atoms with Gasteiger partial charge in [0.15, 0.2) is 0 Å². The Morgan fingerprint density at radius 2 is 2.00 bits per heavy atom. The fourth-order valence-electron chi connectivity index (χ4n) is 2.03. The third-order valence-corrected chi connectivity index (χ3v) is 2.86. The van der Waals surface area contributed by atoms with E-state index in [1.165, 1.54) is 29.3 Å². The van der Waals surface area contributed by atoms with Gasteiger partial charge in [-0.1, -0.05) is 24.3 Å². The van der Waals surface area contributed by atoms with Crippen LogP contribution in [0.3, 0.4) is 0 Å². The lowest BCUT2D eigenvalue weighted by atomic mass is 10.1. The minimum absolute atomic E-state index is 0.736. The normalized spacial score (nSPS) is 16.1. The molecule has 1 aromatic heterocycles. The first-order valence-corrected chi connectivity index (χ1v) is 5.21. The Morgan fingerprint density at radius 3 is 2.79 bits per heavy atom. The number of fused-ring (bicyclic) bond motifs is 1. The third-order valence-electron chi connectivity index (χ3n) is 2.86. The summed E-state index contributed by atoms with van der Waals surface area (Å²) in [5.74, 6) is 0.736. The van der Waals surface area contributed by atoms with Crippen LogP contribution >= 0.6 is 0 Å². The van der Waals surface area contributed by atoms with Crippen LogP contribution in [0, 0.1) is 6.92 Å². The van der Waals surface area contributed by atoms with Crippen LogP contribution in [0.25, 0.3) is 10.8 Å². The number of benzene rings is 1. The summed E-state index contributed by atoms with van der Waals surface area (Å²) >= 11 is 0. The molecule has 2 aromatic rings. The number of nitrogens with zero attached hydrogens (tertiary/aromatic N) is 1. The average molecular weight is 183 g/mol. The molecule has 0 spiro atoms. The Labute approximate surface area is 83.8 Å². The van der Waals surface area contributed by atoms with Crippen LogP contribution < -0.4 is 0 Å². The zero-order chi connectivity index (χ0) is 9.54. The maximum Gasteiger partial charge on any atom is 0.0515 e. The highest BCUT2D eigenvalue weighted by atomic mass is 14.7. The van der Waals surface area contributed by atoms with Crippen molar-refractivity contribution in [3.8, 4) is 0 Å². The van der Waals surface area contributed by atoms with Crippen molar-refractivity contribution in [2.45, 2.75) is 25.7 Å². The molecule has 0 N–H and O–H groups in total. The summed E-state index contributed by atoms with van der Waals surface area (Å²) in [6.07, 6.45) is 2.64. The van der Waals surface area contributed by atoms with Gasteiger partial charge >= 0.3 is 0 Å². The molecule has 0 radical (unpaired) electrons. The van der Waals surface area contributed by atoms with Gasteiger partial charge in [0.25, 0.3) is 0 Å². The van der Waals surface area contributed by atoms with Crippen LogP contribution in [-0.2, 0) is 0 Å². The van der Waals surface area contributed by atoms with Crippen molar-refractivity contribution in [3.05, 3.63) is 41.7 Å². The summed E-state index contributed by atoms with van der Waals surface area (Å²) in [6.45, 7) is 2.08. The van der Waals surface area contributed by atoms with E-state index < -0.39 is 0 Å². The van der Waals surface area contributed by atoms with E-state index in [2.05, 4.69) is 42.2 Å². The van der Waals surface area contributed by atoms with E-state index in [9.17, 15) is 0 Å². The second-order valence-corrected chi connectivity index (χ2v) is 4.14. The van der Waals surface area contributed by atoms with Gasteiger partial charge in [0.1, 0.15) is 0 Å². The molecule has 1 fully saturated rings. The molecule has 1 nitrogen and oxygen atoms in total. The maximum atomic E-state index is 4.66. The fourth-order valence-corrected chi connectivity index (χ4v) is 2.03. The van der Waals surface area contributed by atoms with Crippen molar-refractivity contribution < 1.29 is 0 Å². The van der Waals surface area contributed by atoms with Crippen LogP contribution in [0.2, 0.25) is 0 Å². The molecule has 0 atom stereocenters. The molecule has 0 saturated heterocycles. The first-order valence-electron chi connectivity index (χ1n) is 5.21. The number of hydrogen-bond acceptors (Lipinski definition) is 1. The van der Waals surface area contributed by atoms with E-state index in [0.29, 0.717) is 0 Å². The standard InChI is InChI=1S/C13H13N/c1-9-8-11-4-2-3-5-12(11)13(14-9)10-6-7-10/h2-5,8,10H,6-7H2,1H3. The zero-order valence-electron chi connectivity index (χ0n) is 8.33. The quantitative estimate of drug-likeness (QED) is 0.660.